The van der Waals surface area contributed by atoms with Gasteiger partial charge in [-0.05, 0) is 36.1 Å². The van der Waals surface area contributed by atoms with Crippen LogP contribution >= 0.6 is 0 Å². The van der Waals surface area contributed by atoms with Gasteiger partial charge >= 0.3 is 0 Å². The number of carbonyl (C=O) groups is 2. The first-order valence-electron chi connectivity index (χ1n) is 13.7. The normalized spacial score (nSPS) is 14.7. The summed E-state index contributed by atoms with van der Waals surface area (Å²) in [6.45, 7) is -0.649. The molecule has 3 aromatic carbocycles. The van der Waals surface area contributed by atoms with Gasteiger partial charge in [0.2, 0.25) is 21.8 Å². The Kier molecular flexibility index (Phi) is 10.1. The minimum Gasteiger partial charge on any atom is -0.352 e. The Morgan fingerprint density at radius 1 is 0.878 bits per heavy atom. The van der Waals surface area contributed by atoms with E-state index < -0.39 is 40.2 Å². The van der Waals surface area contributed by atoms with Crippen LogP contribution in [0.25, 0.3) is 0 Å². The molecule has 218 valence electrons. The molecule has 0 heterocycles. The second-order valence-corrected chi connectivity index (χ2v) is 12.3. The average molecular weight is 584 g/mol. The number of hydrogen-bond donors (Lipinski definition) is 1. The number of amides is 2. The Bertz CT molecular complexity index is 1430. The molecule has 1 saturated carbocycles. The molecule has 1 unspecified atom stereocenters. The quantitative estimate of drug-likeness (QED) is 0.351. The van der Waals surface area contributed by atoms with Gasteiger partial charge in [-0.2, -0.15) is 0 Å². The average Bonchev–Trinajstić information content (AvgIpc) is 2.96. The van der Waals surface area contributed by atoms with Crippen molar-refractivity contribution >= 4 is 27.5 Å². The molecule has 1 aliphatic rings. The lowest BCUT2D eigenvalue weighted by atomic mass is 9.94. The highest BCUT2D eigenvalue weighted by Crippen LogP contribution is 2.23. The molecule has 0 bridgehead atoms. The van der Waals surface area contributed by atoms with Crippen LogP contribution in [-0.2, 0) is 32.6 Å². The summed E-state index contributed by atoms with van der Waals surface area (Å²) in [6, 6.07) is 20.1. The maximum absolute atomic E-state index is 14.1. The lowest BCUT2D eigenvalue weighted by molar-refractivity contribution is -0.140. The maximum Gasteiger partial charge on any atom is 0.244 e. The Hall–Kier alpha value is -3.79. The van der Waals surface area contributed by atoms with Crippen LogP contribution < -0.4 is 9.62 Å². The number of nitrogens with one attached hydrogen (secondary N) is 1. The first-order valence-corrected chi connectivity index (χ1v) is 15.6. The van der Waals surface area contributed by atoms with Crippen molar-refractivity contribution < 1.29 is 26.8 Å². The van der Waals surface area contributed by atoms with Crippen molar-refractivity contribution in [2.45, 2.75) is 57.2 Å². The zero-order valence-corrected chi connectivity index (χ0v) is 23.8. The molecule has 0 spiro atoms. The molecule has 0 aliphatic heterocycles. The van der Waals surface area contributed by atoms with Crippen molar-refractivity contribution in [2.75, 3.05) is 17.1 Å². The Morgan fingerprint density at radius 2 is 1.49 bits per heavy atom. The summed E-state index contributed by atoms with van der Waals surface area (Å²) in [5, 5.41) is 3.13. The van der Waals surface area contributed by atoms with Gasteiger partial charge in [-0.1, -0.05) is 79.9 Å². The van der Waals surface area contributed by atoms with Crippen molar-refractivity contribution in [3.05, 3.63) is 102 Å². The molecule has 1 aliphatic carbocycles. The van der Waals surface area contributed by atoms with Crippen LogP contribution in [0.1, 0.15) is 43.2 Å². The van der Waals surface area contributed by atoms with E-state index in [-0.39, 0.29) is 30.6 Å². The summed E-state index contributed by atoms with van der Waals surface area (Å²) in [5.74, 6) is -3.34. The summed E-state index contributed by atoms with van der Waals surface area (Å²) in [4.78, 5) is 29.3. The number of hydrogen-bond acceptors (Lipinski definition) is 4. The van der Waals surface area contributed by atoms with Gasteiger partial charge in [-0.15, -0.1) is 0 Å². The maximum atomic E-state index is 14.1. The summed E-state index contributed by atoms with van der Waals surface area (Å²) < 4.78 is 53.9. The standard InChI is InChI=1S/C31H35F2N3O4S/c1-41(39,40)36(26-17-18-27(32)28(33)20-26)22-30(37)35(21-24-13-7-3-8-14-24)29(19-23-11-5-2-6-12-23)31(38)34-25-15-9-4-10-16-25/h2-3,5-8,11-14,17-18,20,25,29H,4,9-10,15-16,19,21-22H2,1H3,(H,34,38). The van der Waals surface area contributed by atoms with E-state index in [1.165, 1.54) is 4.90 Å². The summed E-state index contributed by atoms with van der Waals surface area (Å²) in [6.07, 6.45) is 5.95. The Labute approximate surface area is 240 Å². The SMILES string of the molecule is CS(=O)(=O)N(CC(=O)N(Cc1ccccc1)C(Cc1ccccc1)C(=O)NC1CCCCC1)c1ccc(F)c(F)c1. The van der Waals surface area contributed by atoms with Crippen molar-refractivity contribution in [2.24, 2.45) is 0 Å². The number of rotatable bonds is 11. The van der Waals surface area contributed by atoms with E-state index >= 15 is 0 Å². The molecule has 0 saturated heterocycles. The summed E-state index contributed by atoms with van der Waals surface area (Å²) in [7, 11) is -4.08. The highest BCUT2D eigenvalue weighted by Gasteiger charge is 2.34. The van der Waals surface area contributed by atoms with E-state index in [0.29, 0.717) is 0 Å². The van der Waals surface area contributed by atoms with Gasteiger partial charge in [0, 0.05) is 25.1 Å². The van der Waals surface area contributed by atoms with E-state index in [4.69, 9.17) is 0 Å². The number of sulfonamides is 1. The Balaban J connectivity index is 1.71. The molecular formula is C31H35F2N3O4S. The predicted molar refractivity (Wildman–Crippen MR) is 154 cm³/mol. The number of halogens is 2. The van der Waals surface area contributed by atoms with E-state index in [1.807, 2.05) is 60.7 Å². The molecule has 1 atom stereocenters. The zero-order valence-electron chi connectivity index (χ0n) is 23.0. The highest BCUT2D eigenvalue weighted by molar-refractivity contribution is 7.92. The molecule has 7 nitrogen and oxygen atoms in total. The second-order valence-electron chi connectivity index (χ2n) is 10.4. The van der Waals surface area contributed by atoms with Gasteiger partial charge < -0.3 is 10.2 Å². The minimum absolute atomic E-state index is 0.00194. The van der Waals surface area contributed by atoms with E-state index in [2.05, 4.69) is 5.32 Å². The van der Waals surface area contributed by atoms with Gasteiger partial charge in [0.25, 0.3) is 0 Å². The second kappa shape index (κ2) is 13.7. The van der Waals surface area contributed by atoms with Crippen molar-refractivity contribution in [3.63, 3.8) is 0 Å². The molecule has 10 heteroatoms. The van der Waals surface area contributed by atoms with Crippen molar-refractivity contribution in [1.29, 1.82) is 0 Å². The van der Waals surface area contributed by atoms with Crippen LogP contribution in [-0.4, -0.2) is 50.0 Å². The number of benzene rings is 3. The van der Waals surface area contributed by atoms with Gasteiger partial charge in [0.05, 0.1) is 11.9 Å². The third-order valence-corrected chi connectivity index (χ3v) is 8.43. The molecule has 3 aromatic rings. The van der Waals surface area contributed by atoms with Crippen LogP contribution in [0.15, 0.2) is 78.9 Å². The molecular weight excluding hydrogens is 548 g/mol. The monoisotopic (exact) mass is 583 g/mol. The molecule has 1 fully saturated rings. The lowest BCUT2D eigenvalue weighted by Crippen LogP contribution is -2.55. The van der Waals surface area contributed by atoms with Gasteiger partial charge in [0.1, 0.15) is 12.6 Å². The van der Waals surface area contributed by atoms with E-state index in [1.54, 1.807) is 0 Å². The van der Waals surface area contributed by atoms with E-state index in [9.17, 15) is 26.8 Å². The lowest BCUT2D eigenvalue weighted by Gasteiger charge is -2.35. The summed E-state index contributed by atoms with van der Waals surface area (Å²) >= 11 is 0. The fourth-order valence-electron chi connectivity index (χ4n) is 5.13. The first kappa shape index (κ1) is 30.2. The molecule has 4 rings (SSSR count). The van der Waals surface area contributed by atoms with Crippen LogP contribution in [0.2, 0.25) is 0 Å². The van der Waals surface area contributed by atoms with Crippen LogP contribution in [0, 0.1) is 11.6 Å². The van der Waals surface area contributed by atoms with Gasteiger partial charge in [0.15, 0.2) is 11.6 Å². The van der Waals surface area contributed by atoms with Crippen molar-refractivity contribution in [1.82, 2.24) is 10.2 Å². The topological polar surface area (TPSA) is 86.8 Å². The van der Waals surface area contributed by atoms with Gasteiger partial charge in [-0.25, -0.2) is 17.2 Å². The highest BCUT2D eigenvalue weighted by atomic mass is 32.2. The Morgan fingerprint density at radius 3 is 2.07 bits per heavy atom. The number of anilines is 1. The number of carbonyl (C=O) groups excluding carboxylic acids is 2. The predicted octanol–water partition coefficient (Wildman–Crippen LogP) is 4.82. The summed E-state index contributed by atoms with van der Waals surface area (Å²) in [5.41, 5.74) is 1.40. The third-order valence-electron chi connectivity index (χ3n) is 7.29. The number of nitrogens with zero attached hydrogens (tertiary/aromatic N) is 2. The molecule has 0 aromatic heterocycles. The molecule has 1 N–H and O–H groups in total. The van der Waals surface area contributed by atoms with Crippen LogP contribution in [0.5, 0.6) is 0 Å². The smallest absolute Gasteiger partial charge is 0.244 e. The third kappa shape index (κ3) is 8.36. The molecule has 2 amide bonds. The minimum atomic E-state index is -4.08. The first-order chi connectivity index (χ1) is 19.6. The fraction of sp³-hybridized carbons (Fsp3) is 0.355. The van der Waals surface area contributed by atoms with Crippen LogP contribution in [0.4, 0.5) is 14.5 Å². The van der Waals surface area contributed by atoms with Crippen LogP contribution in [0.3, 0.4) is 0 Å². The largest absolute Gasteiger partial charge is 0.352 e. The van der Waals surface area contributed by atoms with Crippen molar-refractivity contribution in [3.8, 4) is 0 Å². The van der Waals surface area contributed by atoms with E-state index in [0.717, 1.165) is 72.0 Å². The molecule has 0 radical (unpaired) electrons. The zero-order chi connectivity index (χ0) is 29.4. The fourth-order valence-corrected chi connectivity index (χ4v) is 5.97. The van der Waals surface area contributed by atoms with Gasteiger partial charge in [-0.3, -0.25) is 13.9 Å². The molecule has 41 heavy (non-hydrogen) atoms.